The number of aromatic nitrogens is 3. The minimum atomic E-state index is -2.86. The highest BCUT2D eigenvalue weighted by atomic mass is 19.3. The summed E-state index contributed by atoms with van der Waals surface area (Å²) < 4.78 is 29.8. The number of hydrogen-bond donors (Lipinski definition) is 2. The van der Waals surface area contributed by atoms with Crippen molar-refractivity contribution in [2.45, 2.75) is 57.9 Å². The van der Waals surface area contributed by atoms with Crippen molar-refractivity contribution in [2.75, 3.05) is 6.54 Å². The lowest BCUT2D eigenvalue weighted by Gasteiger charge is -2.15. The van der Waals surface area contributed by atoms with Crippen molar-refractivity contribution in [3.63, 3.8) is 0 Å². The first-order chi connectivity index (χ1) is 15.9. The van der Waals surface area contributed by atoms with Gasteiger partial charge in [0.25, 0.3) is 5.91 Å². The summed E-state index contributed by atoms with van der Waals surface area (Å²) in [4.78, 5) is 31.3. The van der Waals surface area contributed by atoms with Gasteiger partial charge in [0.05, 0.1) is 11.9 Å². The standard InChI is InChI=1S/C24H29F2N5O2/c1-3-19(4-2)30-23(33)21-6-5-20(15-28-21)31-12-8-18-13-17(14-29-22(18)31)7-9-24(25,26)10-11-27-16-32/h5-6,8,12-16,19H,3-4,7,9-11H2,1-2H3,(H,27,32)(H,30,33). The second-order valence-electron chi connectivity index (χ2n) is 8.01. The van der Waals surface area contributed by atoms with Crippen molar-refractivity contribution in [1.82, 2.24) is 25.2 Å². The third-order valence-corrected chi connectivity index (χ3v) is 5.66. The summed E-state index contributed by atoms with van der Waals surface area (Å²) in [5.41, 5.74) is 2.49. The van der Waals surface area contributed by atoms with Crippen LogP contribution in [0.25, 0.3) is 16.7 Å². The smallest absolute Gasteiger partial charge is 0.270 e. The van der Waals surface area contributed by atoms with E-state index in [4.69, 9.17) is 0 Å². The van der Waals surface area contributed by atoms with Crippen LogP contribution in [0.3, 0.4) is 0 Å². The highest BCUT2D eigenvalue weighted by Crippen LogP contribution is 2.26. The average molecular weight is 458 g/mol. The van der Waals surface area contributed by atoms with Gasteiger partial charge in [-0.25, -0.2) is 18.7 Å². The number of amides is 2. The summed E-state index contributed by atoms with van der Waals surface area (Å²) in [5, 5.41) is 6.06. The van der Waals surface area contributed by atoms with E-state index < -0.39 is 12.3 Å². The van der Waals surface area contributed by atoms with Crippen molar-refractivity contribution >= 4 is 23.4 Å². The van der Waals surface area contributed by atoms with Gasteiger partial charge in [0.15, 0.2) is 0 Å². The molecule has 2 N–H and O–H groups in total. The second kappa shape index (κ2) is 11.0. The number of hydrogen-bond acceptors (Lipinski definition) is 4. The van der Waals surface area contributed by atoms with Gasteiger partial charge in [0, 0.05) is 43.2 Å². The molecular weight excluding hydrogens is 428 g/mol. The van der Waals surface area contributed by atoms with E-state index in [1.165, 1.54) is 0 Å². The molecule has 3 aromatic rings. The molecular formula is C24H29F2N5O2. The summed E-state index contributed by atoms with van der Waals surface area (Å²) >= 11 is 0. The van der Waals surface area contributed by atoms with Crippen LogP contribution in [-0.4, -0.2) is 45.4 Å². The third kappa shape index (κ3) is 6.34. The Bertz CT molecular complexity index is 1080. The molecule has 7 nitrogen and oxygen atoms in total. The fourth-order valence-corrected chi connectivity index (χ4v) is 3.60. The lowest BCUT2D eigenvalue weighted by molar-refractivity contribution is -0.109. The normalized spacial score (nSPS) is 11.7. The Morgan fingerprint density at radius 1 is 1.15 bits per heavy atom. The number of fused-ring (bicyclic) bond motifs is 1. The van der Waals surface area contributed by atoms with Gasteiger partial charge in [-0.1, -0.05) is 13.8 Å². The van der Waals surface area contributed by atoms with Crippen LogP contribution >= 0.6 is 0 Å². The lowest BCUT2D eigenvalue weighted by atomic mass is 10.0. The predicted octanol–water partition coefficient (Wildman–Crippen LogP) is 4.04. The third-order valence-electron chi connectivity index (χ3n) is 5.66. The van der Waals surface area contributed by atoms with Crippen LogP contribution in [0.4, 0.5) is 8.78 Å². The number of alkyl halides is 2. The van der Waals surface area contributed by atoms with Crippen LogP contribution in [0.1, 0.15) is 55.6 Å². The maximum Gasteiger partial charge on any atom is 0.270 e. The van der Waals surface area contributed by atoms with Crippen LogP contribution in [0.2, 0.25) is 0 Å². The molecule has 33 heavy (non-hydrogen) atoms. The number of halogens is 2. The second-order valence-corrected chi connectivity index (χ2v) is 8.01. The van der Waals surface area contributed by atoms with E-state index in [0.29, 0.717) is 17.8 Å². The monoisotopic (exact) mass is 457 g/mol. The molecule has 0 bridgehead atoms. The number of nitrogens with one attached hydrogen (secondary N) is 2. The molecule has 0 aliphatic heterocycles. The summed E-state index contributed by atoms with van der Waals surface area (Å²) in [5.74, 6) is -3.06. The Labute approximate surface area is 191 Å². The van der Waals surface area contributed by atoms with Crippen LogP contribution in [0, 0.1) is 0 Å². The van der Waals surface area contributed by atoms with E-state index >= 15 is 0 Å². The van der Waals surface area contributed by atoms with Crippen LogP contribution in [0.15, 0.2) is 42.9 Å². The summed E-state index contributed by atoms with van der Waals surface area (Å²) in [6.07, 6.45) is 6.67. The molecule has 0 saturated heterocycles. The van der Waals surface area contributed by atoms with Crippen molar-refractivity contribution in [3.8, 4) is 5.69 Å². The van der Waals surface area contributed by atoms with E-state index in [9.17, 15) is 18.4 Å². The summed E-state index contributed by atoms with van der Waals surface area (Å²) in [6.45, 7) is 4.00. The molecule has 9 heteroatoms. The first-order valence-corrected chi connectivity index (χ1v) is 11.1. The number of carbonyl (C=O) groups is 2. The number of pyridine rings is 2. The number of carbonyl (C=O) groups excluding carboxylic acids is 2. The van der Waals surface area contributed by atoms with E-state index in [2.05, 4.69) is 20.6 Å². The largest absolute Gasteiger partial charge is 0.358 e. The van der Waals surface area contributed by atoms with Crippen LogP contribution in [-0.2, 0) is 11.2 Å². The topological polar surface area (TPSA) is 88.9 Å². The minimum absolute atomic E-state index is 0.0527. The zero-order valence-corrected chi connectivity index (χ0v) is 18.9. The zero-order chi connectivity index (χ0) is 23.8. The maximum atomic E-state index is 14.0. The summed E-state index contributed by atoms with van der Waals surface area (Å²) in [7, 11) is 0. The first-order valence-electron chi connectivity index (χ1n) is 11.1. The molecule has 3 rings (SSSR count). The Hall–Kier alpha value is -3.36. The Morgan fingerprint density at radius 2 is 1.94 bits per heavy atom. The van der Waals surface area contributed by atoms with E-state index in [0.717, 1.165) is 29.5 Å². The minimum Gasteiger partial charge on any atom is -0.358 e. The molecule has 0 aliphatic carbocycles. The Morgan fingerprint density at radius 3 is 2.61 bits per heavy atom. The SMILES string of the molecule is CCC(CC)NC(=O)c1ccc(-n2ccc3cc(CCC(F)(F)CCNC=O)cnc32)cn1. The molecule has 0 aromatic carbocycles. The molecule has 3 heterocycles. The van der Waals surface area contributed by atoms with Crippen molar-refractivity contribution < 1.29 is 18.4 Å². The molecule has 0 saturated carbocycles. The molecule has 3 aromatic heterocycles. The zero-order valence-electron chi connectivity index (χ0n) is 18.9. The highest BCUT2D eigenvalue weighted by molar-refractivity contribution is 5.92. The molecule has 2 amide bonds. The van der Waals surface area contributed by atoms with Gasteiger partial charge >= 0.3 is 0 Å². The molecule has 0 unspecified atom stereocenters. The van der Waals surface area contributed by atoms with Crippen LogP contribution in [0.5, 0.6) is 0 Å². The van der Waals surface area contributed by atoms with Gasteiger partial charge in [-0.15, -0.1) is 0 Å². The van der Waals surface area contributed by atoms with Crippen molar-refractivity contribution in [3.05, 3.63) is 54.1 Å². The van der Waals surface area contributed by atoms with Crippen molar-refractivity contribution in [2.24, 2.45) is 0 Å². The van der Waals surface area contributed by atoms with Gasteiger partial charge < -0.3 is 10.6 Å². The van der Waals surface area contributed by atoms with Crippen LogP contribution < -0.4 is 10.6 Å². The van der Waals surface area contributed by atoms with Gasteiger partial charge in [0.1, 0.15) is 11.3 Å². The molecule has 0 atom stereocenters. The maximum absolute atomic E-state index is 14.0. The average Bonchev–Trinajstić information content (AvgIpc) is 3.24. The predicted molar refractivity (Wildman–Crippen MR) is 123 cm³/mol. The van der Waals surface area contributed by atoms with E-state index in [1.54, 1.807) is 24.5 Å². The van der Waals surface area contributed by atoms with E-state index in [1.807, 2.05) is 36.7 Å². The Balaban J connectivity index is 1.69. The fraction of sp³-hybridized carbons (Fsp3) is 0.417. The molecule has 0 radical (unpaired) electrons. The van der Waals surface area contributed by atoms with Gasteiger partial charge in [0.2, 0.25) is 12.3 Å². The highest BCUT2D eigenvalue weighted by Gasteiger charge is 2.27. The molecule has 0 fully saturated rings. The lowest BCUT2D eigenvalue weighted by Crippen LogP contribution is -2.34. The first kappa shape index (κ1) is 24.3. The van der Waals surface area contributed by atoms with Gasteiger partial charge in [-0.2, -0.15) is 0 Å². The quantitative estimate of drug-likeness (QED) is 0.317. The molecule has 0 aliphatic rings. The van der Waals surface area contributed by atoms with Crippen molar-refractivity contribution in [1.29, 1.82) is 0 Å². The van der Waals surface area contributed by atoms with Gasteiger partial charge in [-0.05, 0) is 49.1 Å². The van der Waals surface area contributed by atoms with Gasteiger partial charge in [-0.3, -0.25) is 14.2 Å². The molecule has 0 spiro atoms. The Kier molecular flexibility index (Phi) is 8.08. The number of rotatable bonds is 12. The molecule has 176 valence electrons. The number of aryl methyl sites for hydroxylation is 1. The van der Waals surface area contributed by atoms with E-state index in [-0.39, 0.29) is 31.3 Å². The summed E-state index contributed by atoms with van der Waals surface area (Å²) in [6, 6.07) is 7.32. The number of nitrogens with zero attached hydrogens (tertiary/aromatic N) is 3. The fourth-order valence-electron chi connectivity index (χ4n) is 3.60.